The lowest BCUT2D eigenvalue weighted by Gasteiger charge is -2.17. The molecule has 0 aliphatic heterocycles. The third-order valence-corrected chi connectivity index (χ3v) is 5.37. The molecule has 3 rings (SSSR count). The van der Waals surface area contributed by atoms with Crippen LogP contribution in [0.25, 0.3) is 11.3 Å². The summed E-state index contributed by atoms with van der Waals surface area (Å²) in [5.74, 6) is -1.61. The van der Waals surface area contributed by atoms with Gasteiger partial charge in [0.25, 0.3) is 5.91 Å². The van der Waals surface area contributed by atoms with Gasteiger partial charge in [-0.2, -0.15) is 13.2 Å². The van der Waals surface area contributed by atoms with Gasteiger partial charge in [0, 0.05) is 17.1 Å². The lowest BCUT2D eigenvalue weighted by molar-refractivity contribution is -0.137. The summed E-state index contributed by atoms with van der Waals surface area (Å²) >= 11 is 6.04. The largest absolute Gasteiger partial charge is 0.417 e. The molecular formula is C23H20ClF4N3O. The lowest BCUT2D eigenvalue weighted by atomic mass is 10.0. The van der Waals surface area contributed by atoms with Gasteiger partial charge in [-0.15, -0.1) is 0 Å². The number of carbonyl (C=O) groups excluding carboxylic acids is 1. The molecule has 0 saturated carbocycles. The highest BCUT2D eigenvalue weighted by molar-refractivity contribution is 6.31. The zero-order valence-electron chi connectivity index (χ0n) is 17.2. The van der Waals surface area contributed by atoms with Crippen LogP contribution in [0, 0.1) is 12.7 Å². The number of halogens is 5. The molecule has 0 spiro atoms. The molecule has 0 unspecified atom stereocenters. The van der Waals surface area contributed by atoms with Crippen LogP contribution in [0.4, 0.5) is 17.6 Å². The predicted octanol–water partition coefficient (Wildman–Crippen LogP) is 5.82. The molecule has 3 aromatic rings. The minimum absolute atomic E-state index is 0.0235. The second-order valence-electron chi connectivity index (χ2n) is 7.34. The molecule has 1 heterocycles. The average Bonchev–Trinajstić information content (AvgIpc) is 2.74. The van der Waals surface area contributed by atoms with Crippen molar-refractivity contribution in [3.05, 3.63) is 87.3 Å². The van der Waals surface area contributed by atoms with E-state index in [1.54, 1.807) is 19.1 Å². The number of hydrogen-bond acceptors (Lipinski definition) is 3. The van der Waals surface area contributed by atoms with E-state index in [1.807, 2.05) is 13.0 Å². The second kappa shape index (κ2) is 9.26. The van der Waals surface area contributed by atoms with E-state index in [2.05, 4.69) is 10.3 Å². The number of aryl methyl sites for hydroxylation is 1. The van der Waals surface area contributed by atoms with Crippen LogP contribution in [-0.4, -0.2) is 10.9 Å². The van der Waals surface area contributed by atoms with Crippen molar-refractivity contribution in [3.8, 4) is 11.3 Å². The molecule has 0 radical (unpaired) electrons. The van der Waals surface area contributed by atoms with Crippen LogP contribution in [-0.2, 0) is 12.7 Å². The SMILES string of the molecule is Cc1cc([C@H](C)NC(=O)c2cc(CN)cc(-c3ccc(F)cc3C(F)(F)F)n2)ccc1Cl. The van der Waals surface area contributed by atoms with E-state index in [9.17, 15) is 22.4 Å². The fourth-order valence-corrected chi connectivity index (χ4v) is 3.34. The van der Waals surface area contributed by atoms with E-state index < -0.39 is 29.5 Å². The molecule has 1 atom stereocenters. The highest BCUT2D eigenvalue weighted by atomic mass is 35.5. The fourth-order valence-electron chi connectivity index (χ4n) is 3.22. The van der Waals surface area contributed by atoms with Gasteiger partial charge >= 0.3 is 6.18 Å². The molecule has 0 aliphatic carbocycles. The molecule has 1 amide bonds. The number of benzene rings is 2. The summed E-state index contributed by atoms with van der Waals surface area (Å²) in [6.07, 6.45) is -4.80. The van der Waals surface area contributed by atoms with Gasteiger partial charge in [-0.3, -0.25) is 4.79 Å². The summed E-state index contributed by atoms with van der Waals surface area (Å²) < 4.78 is 53.9. The van der Waals surface area contributed by atoms with E-state index in [1.165, 1.54) is 12.1 Å². The van der Waals surface area contributed by atoms with Crippen LogP contribution >= 0.6 is 11.6 Å². The van der Waals surface area contributed by atoms with Crippen molar-refractivity contribution in [2.45, 2.75) is 32.6 Å². The van der Waals surface area contributed by atoms with Gasteiger partial charge in [0.15, 0.2) is 0 Å². The number of nitrogens with two attached hydrogens (primary N) is 1. The Balaban J connectivity index is 1.98. The monoisotopic (exact) mass is 465 g/mol. The van der Waals surface area contributed by atoms with E-state index in [0.29, 0.717) is 16.7 Å². The Morgan fingerprint density at radius 3 is 2.50 bits per heavy atom. The molecule has 2 aromatic carbocycles. The fraction of sp³-hybridized carbons (Fsp3) is 0.217. The van der Waals surface area contributed by atoms with Crippen LogP contribution in [0.1, 0.15) is 45.7 Å². The first kappa shape index (κ1) is 23.7. The smallest absolute Gasteiger partial charge is 0.344 e. The summed E-state index contributed by atoms with van der Waals surface area (Å²) in [6.45, 7) is 3.57. The molecule has 32 heavy (non-hydrogen) atoms. The molecule has 9 heteroatoms. The Morgan fingerprint density at radius 2 is 1.88 bits per heavy atom. The number of hydrogen-bond donors (Lipinski definition) is 2. The minimum atomic E-state index is -4.80. The maximum Gasteiger partial charge on any atom is 0.417 e. The van der Waals surface area contributed by atoms with Gasteiger partial charge in [0.1, 0.15) is 11.5 Å². The molecule has 0 saturated heterocycles. The van der Waals surface area contributed by atoms with Crippen molar-refractivity contribution in [2.24, 2.45) is 5.73 Å². The van der Waals surface area contributed by atoms with Crippen molar-refractivity contribution < 1.29 is 22.4 Å². The number of aromatic nitrogens is 1. The molecular weight excluding hydrogens is 446 g/mol. The first-order valence-corrected chi connectivity index (χ1v) is 10.0. The standard InChI is InChI=1S/C23H20ClF4N3O/c1-12-7-15(3-6-19(12)24)13(2)30-22(32)21-9-14(11-29)8-20(31-21)17-5-4-16(25)10-18(17)23(26,27)28/h3-10,13H,11,29H2,1-2H3,(H,30,32)/t13-/m0/s1. The van der Waals surface area contributed by atoms with Crippen LogP contribution in [0.15, 0.2) is 48.5 Å². The lowest BCUT2D eigenvalue weighted by Crippen LogP contribution is -2.28. The Bertz CT molecular complexity index is 1160. The summed E-state index contributed by atoms with van der Waals surface area (Å²) in [4.78, 5) is 17.0. The van der Waals surface area contributed by atoms with Crippen LogP contribution in [0.5, 0.6) is 0 Å². The summed E-state index contributed by atoms with van der Waals surface area (Å²) in [5, 5.41) is 3.37. The van der Waals surface area contributed by atoms with Crippen LogP contribution in [0.3, 0.4) is 0 Å². The number of pyridine rings is 1. The van der Waals surface area contributed by atoms with Crippen molar-refractivity contribution in [1.82, 2.24) is 10.3 Å². The van der Waals surface area contributed by atoms with Crippen LogP contribution < -0.4 is 11.1 Å². The quantitative estimate of drug-likeness (QED) is 0.467. The average molecular weight is 466 g/mol. The maximum absolute atomic E-state index is 13.5. The van der Waals surface area contributed by atoms with E-state index in [0.717, 1.165) is 23.3 Å². The van der Waals surface area contributed by atoms with E-state index >= 15 is 0 Å². The summed E-state index contributed by atoms with van der Waals surface area (Å²) in [7, 11) is 0. The van der Waals surface area contributed by atoms with Gasteiger partial charge < -0.3 is 11.1 Å². The Labute approximate surface area is 187 Å². The van der Waals surface area contributed by atoms with Gasteiger partial charge in [0.05, 0.1) is 17.3 Å². The summed E-state index contributed by atoms with van der Waals surface area (Å²) in [5.41, 5.74) is 5.98. The Morgan fingerprint density at radius 1 is 1.16 bits per heavy atom. The normalized spacial score (nSPS) is 12.5. The highest BCUT2D eigenvalue weighted by Gasteiger charge is 2.34. The molecule has 4 nitrogen and oxygen atoms in total. The molecule has 1 aromatic heterocycles. The van der Waals surface area contributed by atoms with Crippen molar-refractivity contribution in [1.29, 1.82) is 0 Å². The molecule has 168 valence electrons. The first-order valence-electron chi connectivity index (χ1n) is 9.64. The first-order chi connectivity index (χ1) is 15.0. The van der Waals surface area contributed by atoms with Gasteiger partial charge in [-0.1, -0.05) is 23.7 Å². The van der Waals surface area contributed by atoms with Gasteiger partial charge in [0.2, 0.25) is 0 Å². The van der Waals surface area contributed by atoms with Gasteiger partial charge in [-0.05, 0) is 66.9 Å². The molecule has 0 fully saturated rings. The minimum Gasteiger partial charge on any atom is -0.344 e. The maximum atomic E-state index is 13.5. The third kappa shape index (κ3) is 5.26. The Hall–Kier alpha value is -2.97. The zero-order chi connectivity index (χ0) is 23.6. The number of nitrogens with zero attached hydrogens (tertiary/aromatic N) is 1. The zero-order valence-corrected chi connectivity index (χ0v) is 18.0. The van der Waals surface area contributed by atoms with Gasteiger partial charge in [-0.25, -0.2) is 9.37 Å². The van der Waals surface area contributed by atoms with Crippen molar-refractivity contribution in [3.63, 3.8) is 0 Å². The van der Waals surface area contributed by atoms with E-state index in [4.69, 9.17) is 17.3 Å². The number of alkyl halides is 3. The number of carbonyl (C=O) groups is 1. The van der Waals surface area contributed by atoms with Crippen molar-refractivity contribution in [2.75, 3.05) is 0 Å². The van der Waals surface area contributed by atoms with Crippen molar-refractivity contribution >= 4 is 17.5 Å². The van der Waals surface area contributed by atoms with Crippen LogP contribution in [0.2, 0.25) is 5.02 Å². The molecule has 0 bridgehead atoms. The third-order valence-electron chi connectivity index (χ3n) is 4.95. The second-order valence-corrected chi connectivity index (χ2v) is 7.75. The number of rotatable bonds is 5. The number of amides is 1. The molecule has 0 aliphatic rings. The Kier molecular flexibility index (Phi) is 6.85. The summed E-state index contributed by atoms with van der Waals surface area (Å²) in [6, 6.07) is 9.96. The van der Waals surface area contributed by atoms with E-state index in [-0.39, 0.29) is 23.5 Å². The topological polar surface area (TPSA) is 68.0 Å². The highest BCUT2D eigenvalue weighted by Crippen LogP contribution is 2.37. The molecule has 3 N–H and O–H groups in total. The predicted molar refractivity (Wildman–Crippen MR) is 115 cm³/mol. The number of nitrogens with one attached hydrogen (secondary N) is 1.